The molecular formula is C50H44N4O4. The number of carboxylic acids is 1. The summed E-state index contributed by atoms with van der Waals surface area (Å²) in [6.07, 6.45) is 8.78. The van der Waals surface area contributed by atoms with Crippen LogP contribution in [0.3, 0.4) is 0 Å². The highest BCUT2D eigenvalue weighted by Crippen LogP contribution is 2.47. The highest BCUT2D eigenvalue weighted by atomic mass is 16.4. The molecule has 0 saturated heterocycles. The number of hydrogen-bond acceptors (Lipinski definition) is 6. The number of aliphatic carboxylic acids is 1. The van der Waals surface area contributed by atoms with Crippen molar-refractivity contribution in [2.24, 2.45) is 10.7 Å². The first-order chi connectivity index (χ1) is 28.4. The predicted octanol–water partition coefficient (Wildman–Crippen LogP) is 10.5. The molecule has 3 aliphatic rings. The number of carbonyl (C=O) groups is 3. The van der Waals surface area contributed by atoms with Crippen LogP contribution >= 0.6 is 0 Å². The number of anilines is 2. The number of nitrogens with one attached hydrogen (secondary N) is 2. The molecule has 0 fully saturated rings. The number of rotatable bonds is 8. The first kappa shape index (κ1) is 38.0. The molecule has 6 aromatic carbocycles. The molecule has 2 aliphatic carbocycles. The third-order valence-electron chi connectivity index (χ3n) is 11.3. The van der Waals surface area contributed by atoms with Gasteiger partial charge in [-0.15, -0.1) is 0 Å². The lowest BCUT2D eigenvalue weighted by Gasteiger charge is -2.34. The number of carboxylic acid groups (broad SMARTS) is 1. The molecule has 0 radical (unpaired) electrons. The van der Waals surface area contributed by atoms with Crippen molar-refractivity contribution in [3.8, 4) is 22.3 Å². The van der Waals surface area contributed by atoms with E-state index in [1.54, 1.807) is 36.5 Å². The molecule has 8 nitrogen and oxygen atoms in total. The molecule has 0 bridgehead atoms. The number of para-hydroxylation sites is 2. The van der Waals surface area contributed by atoms with E-state index in [1.807, 2.05) is 91.1 Å². The molecule has 0 aromatic heterocycles. The van der Waals surface area contributed by atoms with Crippen LogP contribution in [0.4, 0.5) is 17.1 Å². The highest BCUT2D eigenvalue weighted by molar-refractivity contribution is 6.09. The minimum absolute atomic E-state index is 0.0265. The molecule has 6 aromatic rings. The van der Waals surface area contributed by atoms with Gasteiger partial charge in [0.15, 0.2) is 5.78 Å². The number of aliphatic imine (C=N–C) groups is 1. The van der Waals surface area contributed by atoms with Gasteiger partial charge in [0.05, 0.1) is 23.7 Å². The lowest BCUT2D eigenvalue weighted by atomic mass is 9.69. The fourth-order valence-corrected chi connectivity index (χ4v) is 8.47. The largest absolute Gasteiger partial charge is 0.481 e. The zero-order valence-electron chi connectivity index (χ0n) is 32.0. The second kappa shape index (κ2) is 17.1. The van der Waals surface area contributed by atoms with Gasteiger partial charge in [0.1, 0.15) is 0 Å². The van der Waals surface area contributed by atoms with Gasteiger partial charge in [-0.25, -0.2) is 0 Å². The molecule has 1 aliphatic heterocycles. The number of fused-ring (bicyclic) bond motifs is 6. The monoisotopic (exact) mass is 764 g/mol. The Labute approximate surface area is 338 Å². The van der Waals surface area contributed by atoms with E-state index in [2.05, 4.69) is 39.9 Å². The quantitative estimate of drug-likeness (QED) is 0.114. The van der Waals surface area contributed by atoms with Gasteiger partial charge in [-0.05, 0) is 130 Å². The van der Waals surface area contributed by atoms with Crippen LogP contribution in [0.25, 0.3) is 22.3 Å². The Kier molecular flexibility index (Phi) is 11.2. The standard InChI is InChI=1S/C41H36N2O4.C9H8N2/c42-24-25-12-14-26(15-13-25)31-8-3-4-10-36(31)41(47)43-30-18-16-27(17-19-30)40(46)37-22-28-6-1-2-9-32(28)35-21-20-33-29(23-38(44)45)7-5-11-34(33)39(35)37;1-2-5-9-8(4-1)10-6-3-7-11-9/h1-4,6,8-10,12-21,29,37H,5,7,11,22-24,42H2,(H,43,47)(H,44,45);1-7,10H. The Bertz CT molecular complexity index is 2560. The van der Waals surface area contributed by atoms with Crippen LogP contribution in [0.1, 0.15) is 79.6 Å². The van der Waals surface area contributed by atoms with Gasteiger partial charge >= 0.3 is 5.97 Å². The van der Waals surface area contributed by atoms with E-state index in [4.69, 9.17) is 5.73 Å². The second-order valence-corrected chi connectivity index (χ2v) is 14.8. The maximum absolute atomic E-state index is 14.3. The minimum Gasteiger partial charge on any atom is -0.481 e. The zero-order valence-corrected chi connectivity index (χ0v) is 32.0. The van der Waals surface area contributed by atoms with E-state index in [0.29, 0.717) is 29.8 Å². The van der Waals surface area contributed by atoms with Gasteiger partial charge in [-0.3, -0.25) is 19.4 Å². The SMILES string of the molecule is C1=CNc2ccccc2N=C1.NCc1ccc(-c2ccccc2C(=O)Nc2ccc(C(=O)C3Cc4ccccc4-c4ccc5c(c43)CCCC5CC(=O)O)cc2)cc1. The van der Waals surface area contributed by atoms with Gasteiger partial charge in [-0.1, -0.05) is 91.0 Å². The smallest absolute Gasteiger partial charge is 0.303 e. The predicted molar refractivity (Wildman–Crippen MR) is 232 cm³/mol. The average Bonchev–Trinajstić information content (AvgIpc) is 3.52. The van der Waals surface area contributed by atoms with Gasteiger partial charge < -0.3 is 21.5 Å². The third kappa shape index (κ3) is 8.01. The Morgan fingerprint density at radius 1 is 0.793 bits per heavy atom. The van der Waals surface area contributed by atoms with E-state index >= 15 is 0 Å². The number of hydrogen-bond donors (Lipinski definition) is 4. The number of amides is 1. The molecule has 288 valence electrons. The van der Waals surface area contributed by atoms with Crippen LogP contribution in [0.5, 0.6) is 0 Å². The highest BCUT2D eigenvalue weighted by Gasteiger charge is 2.35. The summed E-state index contributed by atoms with van der Waals surface area (Å²) >= 11 is 0. The normalized spacial score (nSPS) is 15.8. The Morgan fingerprint density at radius 2 is 1.53 bits per heavy atom. The lowest BCUT2D eigenvalue weighted by molar-refractivity contribution is -0.137. The molecule has 9 rings (SSSR count). The van der Waals surface area contributed by atoms with Crippen molar-refractivity contribution in [3.63, 3.8) is 0 Å². The molecule has 58 heavy (non-hydrogen) atoms. The summed E-state index contributed by atoms with van der Waals surface area (Å²) in [4.78, 5) is 43.7. The van der Waals surface area contributed by atoms with E-state index in [-0.39, 0.29) is 29.9 Å². The number of Topliss-reactive ketones (excluding diaryl/α,β-unsaturated/α-hetero) is 1. The van der Waals surface area contributed by atoms with Crippen molar-refractivity contribution in [1.29, 1.82) is 0 Å². The second-order valence-electron chi connectivity index (χ2n) is 14.8. The molecular weight excluding hydrogens is 721 g/mol. The molecule has 0 saturated carbocycles. The first-order valence-electron chi connectivity index (χ1n) is 19.7. The van der Waals surface area contributed by atoms with E-state index in [0.717, 1.165) is 80.7 Å². The Morgan fingerprint density at radius 3 is 2.33 bits per heavy atom. The van der Waals surface area contributed by atoms with Crippen LogP contribution in [0, 0.1) is 0 Å². The summed E-state index contributed by atoms with van der Waals surface area (Å²) in [6.45, 7) is 0.455. The van der Waals surface area contributed by atoms with E-state index in [1.165, 1.54) is 0 Å². The first-order valence-corrected chi connectivity index (χ1v) is 19.7. The van der Waals surface area contributed by atoms with Gasteiger partial charge in [0, 0.05) is 35.8 Å². The zero-order chi connectivity index (χ0) is 40.0. The number of allylic oxidation sites excluding steroid dienone is 1. The summed E-state index contributed by atoms with van der Waals surface area (Å²) < 4.78 is 0. The molecule has 2 unspecified atom stereocenters. The molecule has 5 N–H and O–H groups in total. The molecule has 2 atom stereocenters. The van der Waals surface area contributed by atoms with Gasteiger partial charge in [0.25, 0.3) is 5.91 Å². The number of nitrogens with zero attached hydrogens (tertiary/aromatic N) is 1. The number of carbonyl (C=O) groups excluding carboxylic acids is 2. The fourth-order valence-electron chi connectivity index (χ4n) is 8.47. The van der Waals surface area contributed by atoms with Gasteiger partial charge in [-0.2, -0.15) is 0 Å². The summed E-state index contributed by atoms with van der Waals surface area (Å²) in [5, 5.41) is 15.7. The number of ketones is 1. The molecule has 8 heteroatoms. The van der Waals surface area contributed by atoms with Crippen molar-refractivity contribution in [1.82, 2.24) is 0 Å². The van der Waals surface area contributed by atoms with Crippen molar-refractivity contribution < 1.29 is 19.5 Å². The average molecular weight is 765 g/mol. The van der Waals surface area contributed by atoms with Gasteiger partial charge in [0.2, 0.25) is 0 Å². The van der Waals surface area contributed by atoms with Crippen molar-refractivity contribution in [2.45, 2.75) is 50.5 Å². The molecule has 0 spiro atoms. The van der Waals surface area contributed by atoms with Crippen molar-refractivity contribution in [2.75, 3.05) is 10.6 Å². The van der Waals surface area contributed by atoms with Crippen LogP contribution in [-0.2, 0) is 24.2 Å². The fraction of sp³-hybridized carbons (Fsp3) is 0.160. The van der Waals surface area contributed by atoms with Crippen LogP contribution in [-0.4, -0.2) is 29.0 Å². The van der Waals surface area contributed by atoms with Crippen molar-refractivity contribution in [3.05, 3.63) is 185 Å². The van der Waals surface area contributed by atoms with Crippen LogP contribution < -0.4 is 16.4 Å². The summed E-state index contributed by atoms with van der Waals surface area (Å²) in [6, 6.07) is 42.9. The number of benzene rings is 6. The minimum atomic E-state index is -0.796. The van der Waals surface area contributed by atoms with E-state index < -0.39 is 5.97 Å². The topological polar surface area (TPSA) is 134 Å². The maximum Gasteiger partial charge on any atom is 0.303 e. The third-order valence-corrected chi connectivity index (χ3v) is 11.3. The summed E-state index contributed by atoms with van der Waals surface area (Å²) in [5.41, 5.74) is 18.9. The van der Waals surface area contributed by atoms with E-state index in [9.17, 15) is 19.5 Å². The maximum atomic E-state index is 14.3. The van der Waals surface area contributed by atoms with Crippen LogP contribution in [0.15, 0.2) is 151 Å². The molecule has 1 heterocycles. The lowest BCUT2D eigenvalue weighted by Crippen LogP contribution is -2.25. The van der Waals surface area contributed by atoms with Crippen molar-refractivity contribution >= 4 is 40.9 Å². The molecule has 1 amide bonds. The number of nitrogens with two attached hydrogens (primary N) is 1. The summed E-state index contributed by atoms with van der Waals surface area (Å²) in [5.74, 6) is -1.43. The summed E-state index contributed by atoms with van der Waals surface area (Å²) in [7, 11) is 0. The Balaban J connectivity index is 0.000000366. The van der Waals surface area contributed by atoms with Crippen LogP contribution in [0.2, 0.25) is 0 Å². The Hall–Kier alpha value is -6.90.